The molecule has 0 aliphatic carbocycles. The number of carbonyl (C=O) groups excluding carboxylic acids is 1. The van der Waals surface area contributed by atoms with Gasteiger partial charge in [0.05, 0.1) is 12.6 Å². The number of halogens is 1. The lowest BCUT2D eigenvalue weighted by atomic mass is 9.85. The molecule has 0 unspecified atom stereocenters. The lowest BCUT2D eigenvalue weighted by molar-refractivity contribution is 0.0879. The van der Waals surface area contributed by atoms with Crippen LogP contribution in [0.4, 0.5) is 4.39 Å². The third-order valence-electron chi connectivity index (χ3n) is 3.13. The van der Waals surface area contributed by atoms with Gasteiger partial charge in [0.1, 0.15) is 0 Å². The van der Waals surface area contributed by atoms with Gasteiger partial charge in [-0.05, 0) is 31.0 Å². The van der Waals surface area contributed by atoms with Crippen molar-refractivity contribution < 1.29 is 13.9 Å². The van der Waals surface area contributed by atoms with Crippen LogP contribution in [0.3, 0.4) is 0 Å². The van der Waals surface area contributed by atoms with Crippen LogP contribution in [-0.2, 0) is 0 Å². The van der Waals surface area contributed by atoms with Crippen LogP contribution in [0.15, 0.2) is 18.2 Å². The van der Waals surface area contributed by atoms with Crippen molar-refractivity contribution in [1.29, 1.82) is 0 Å². The Labute approximate surface area is 101 Å². The van der Waals surface area contributed by atoms with Crippen LogP contribution < -0.4 is 10.5 Å². The van der Waals surface area contributed by atoms with E-state index in [1.54, 1.807) is 0 Å². The van der Waals surface area contributed by atoms with Gasteiger partial charge in [0.15, 0.2) is 17.3 Å². The topological polar surface area (TPSA) is 52.3 Å². The molecule has 0 saturated carbocycles. The van der Waals surface area contributed by atoms with Crippen molar-refractivity contribution in [3.05, 3.63) is 29.6 Å². The molecule has 1 aromatic rings. The van der Waals surface area contributed by atoms with E-state index in [1.807, 2.05) is 13.8 Å². The lowest BCUT2D eigenvalue weighted by Crippen LogP contribution is -2.46. The van der Waals surface area contributed by atoms with Gasteiger partial charge in [0.2, 0.25) is 0 Å². The number of ether oxygens (including phenoxy) is 1. The van der Waals surface area contributed by atoms with Gasteiger partial charge in [-0.1, -0.05) is 13.8 Å². The minimum Gasteiger partial charge on any atom is -0.494 e. The summed E-state index contributed by atoms with van der Waals surface area (Å²) in [6, 6.07) is 4.15. The maximum Gasteiger partial charge on any atom is 0.182 e. The molecule has 0 bridgehead atoms. The molecule has 1 rings (SSSR count). The molecule has 4 heteroatoms. The Hall–Kier alpha value is -1.42. The highest BCUT2D eigenvalue weighted by atomic mass is 19.1. The van der Waals surface area contributed by atoms with E-state index in [0.29, 0.717) is 12.8 Å². The zero-order valence-corrected chi connectivity index (χ0v) is 10.4. The van der Waals surface area contributed by atoms with Crippen LogP contribution in [0, 0.1) is 5.82 Å². The molecule has 0 spiro atoms. The molecule has 0 fully saturated rings. The molecule has 0 aliphatic rings. The van der Waals surface area contributed by atoms with Crippen LogP contribution in [0.5, 0.6) is 5.75 Å². The average Bonchev–Trinajstić information content (AvgIpc) is 2.36. The molecule has 17 heavy (non-hydrogen) atoms. The van der Waals surface area contributed by atoms with Crippen molar-refractivity contribution in [3.63, 3.8) is 0 Å². The fourth-order valence-electron chi connectivity index (χ4n) is 1.67. The predicted octanol–water partition coefficient (Wildman–Crippen LogP) is 2.53. The maximum absolute atomic E-state index is 13.5. The summed E-state index contributed by atoms with van der Waals surface area (Å²) >= 11 is 0. The summed E-state index contributed by atoms with van der Waals surface area (Å²) < 4.78 is 18.3. The molecule has 0 amide bonds. The molecule has 3 nitrogen and oxygen atoms in total. The van der Waals surface area contributed by atoms with Gasteiger partial charge in [-0.15, -0.1) is 0 Å². The number of Topliss-reactive ketones (excluding diaryl/α,β-unsaturated/α-hetero) is 1. The summed E-state index contributed by atoms with van der Waals surface area (Å²) in [5.41, 5.74) is 5.36. The molecule has 2 N–H and O–H groups in total. The molecular weight excluding hydrogens is 221 g/mol. The third kappa shape index (κ3) is 2.64. The largest absolute Gasteiger partial charge is 0.494 e. The van der Waals surface area contributed by atoms with Gasteiger partial charge in [-0.3, -0.25) is 4.79 Å². The monoisotopic (exact) mass is 239 g/mol. The Morgan fingerprint density at radius 2 is 2.00 bits per heavy atom. The first-order chi connectivity index (χ1) is 7.98. The number of hydrogen-bond acceptors (Lipinski definition) is 3. The summed E-state index contributed by atoms with van der Waals surface area (Å²) in [6.07, 6.45) is 1.05. The molecule has 0 heterocycles. The van der Waals surface area contributed by atoms with E-state index in [2.05, 4.69) is 0 Å². The first-order valence-corrected chi connectivity index (χ1v) is 5.65. The number of hydrogen-bond donors (Lipinski definition) is 1. The molecule has 0 atom stereocenters. The second kappa shape index (κ2) is 5.27. The normalized spacial score (nSPS) is 11.4. The van der Waals surface area contributed by atoms with Crippen molar-refractivity contribution in [2.45, 2.75) is 32.2 Å². The van der Waals surface area contributed by atoms with Crippen molar-refractivity contribution in [1.82, 2.24) is 0 Å². The SMILES string of the molecule is CCC(N)(CC)C(=O)c1ccc(OC)c(F)c1. The van der Waals surface area contributed by atoms with Crippen molar-refractivity contribution >= 4 is 5.78 Å². The molecule has 94 valence electrons. The van der Waals surface area contributed by atoms with Crippen molar-refractivity contribution in [2.24, 2.45) is 5.73 Å². The van der Waals surface area contributed by atoms with Gasteiger partial charge in [-0.2, -0.15) is 0 Å². The summed E-state index contributed by atoms with van der Waals surface area (Å²) in [5, 5.41) is 0. The summed E-state index contributed by atoms with van der Waals surface area (Å²) in [5.74, 6) is -0.658. The average molecular weight is 239 g/mol. The number of methoxy groups -OCH3 is 1. The summed E-state index contributed by atoms with van der Waals surface area (Å²) in [4.78, 5) is 12.1. The smallest absolute Gasteiger partial charge is 0.182 e. The van der Waals surface area contributed by atoms with Crippen LogP contribution in [0.2, 0.25) is 0 Å². The fraction of sp³-hybridized carbons (Fsp3) is 0.462. The predicted molar refractivity (Wildman–Crippen MR) is 64.8 cm³/mol. The molecular formula is C13H18FNO2. The first-order valence-electron chi connectivity index (χ1n) is 5.65. The van der Waals surface area contributed by atoms with E-state index >= 15 is 0 Å². The highest BCUT2D eigenvalue weighted by Crippen LogP contribution is 2.23. The van der Waals surface area contributed by atoms with Crippen LogP contribution in [0.25, 0.3) is 0 Å². The van der Waals surface area contributed by atoms with Gasteiger partial charge in [0.25, 0.3) is 0 Å². The summed E-state index contributed by atoms with van der Waals surface area (Å²) in [7, 11) is 1.38. The Balaban J connectivity index is 3.09. The van der Waals surface area contributed by atoms with E-state index in [4.69, 9.17) is 10.5 Å². The van der Waals surface area contributed by atoms with E-state index in [1.165, 1.54) is 25.3 Å². The zero-order chi connectivity index (χ0) is 13.1. The van der Waals surface area contributed by atoms with Gasteiger partial charge >= 0.3 is 0 Å². The van der Waals surface area contributed by atoms with Gasteiger partial charge in [0, 0.05) is 5.56 Å². The number of rotatable bonds is 5. The number of benzene rings is 1. The Kier molecular flexibility index (Phi) is 4.23. The highest BCUT2D eigenvalue weighted by Gasteiger charge is 2.31. The second-order valence-electron chi connectivity index (χ2n) is 4.04. The standard InChI is InChI=1S/C13H18FNO2/c1-4-13(15,5-2)12(16)9-6-7-11(17-3)10(14)8-9/h6-8H,4-5,15H2,1-3H3. The Morgan fingerprint density at radius 3 is 2.41 bits per heavy atom. The second-order valence-corrected chi connectivity index (χ2v) is 4.04. The van der Waals surface area contributed by atoms with Gasteiger partial charge < -0.3 is 10.5 Å². The van der Waals surface area contributed by atoms with E-state index in [-0.39, 0.29) is 17.1 Å². The minimum atomic E-state index is -0.916. The molecule has 1 aromatic carbocycles. The van der Waals surface area contributed by atoms with E-state index in [0.717, 1.165) is 0 Å². The molecule has 0 aliphatic heterocycles. The van der Waals surface area contributed by atoms with Crippen molar-refractivity contribution in [2.75, 3.05) is 7.11 Å². The van der Waals surface area contributed by atoms with E-state index < -0.39 is 11.4 Å². The van der Waals surface area contributed by atoms with Crippen LogP contribution in [0.1, 0.15) is 37.0 Å². The molecule has 0 radical (unpaired) electrons. The quantitative estimate of drug-likeness (QED) is 0.803. The highest BCUT2D eigenvalue weighted by molar-refractivity contribution is 6.03. The lowest BCUT2D eigenvalue weighted by Gasteiger charge is -2.24. The minimum absolute atomic E-state index is 0.122. The first kappa shape index (κ1) is 13.6. The van der Waals surface area contributed by atoms with Crippen LogP contribution >= 0.6 is 0 Å². The van der Waals surface area contributed by atoms with Crippen molar-refractivity contribution in [3.8, 4) is 5.75 Å². The Bertz CT molecular complexity index is 414. The number of ketones is 1. The molecule has 0 aromatic heterocycles. The van der Waals surface area contributed by atoms with E-state index in [9.17, 15) is 9.18 Å². The molecule has 0 saturated heterocycles. The number of carbonyl (C=O) groups is 1. The van der Waals surface area contributed by atoms with Gasteiger partial charge in [-0.25, -0.2) is 4.39 Å². The number of nitrogens with two attached hydrogens (primary N) is 1. The van der Waals surface area contributed by atoms with Crippen LogP contribution in [-0.4, -0.2) is 18.4 Å². The Morgan fingerprint density at radius 1 is 1.41 bits per heavy atom. The zero-order valence-electron chi connectivity index (χ0n) is 10.4. The third-order valence-corrected chi connectivity index (χ3v) is 3.13. The maximum atomic E-state index is 13.5. The fourth-order valence-corrected chi connectivity index (χ4v) is 1.67. The summed E-state index contributed by atoms with van der Waals surface area (Å²) in [6.45, 7) is 3.70.